The molecular formula is C12H14N4O3S. The molecule has 0 radical (unpaired) electrons. The number of aromatic nitrogens is 2. The second kappa shape index (κ2) is 6.20. The van der Waals surface area contributed by atoms with Crippen LogP contribution in [-0.4, -0.2) is 39.0 Å². The summed E-state index contributed by atoms with van der Waals surface area (Å²) in [5.41, 5.74) is 0. The third kappa shape index (κ3) is 3.35. The molecule has 2 aromatic heterocycles. The number of imidazole rings is 1. The molecule has 2 heterocycles. The average Bonchev–Trinajstić information content (AvgIpc) is 3.07. The first kappa shape index (κ1) is 14.1. The second-order valence-corrected chi connectivity index (χ2v) is 5.11. The number of carboxylic acids is 1. The molecule has 20 heavy (non-hydrogen) atoms. The van der Waals surface area contributed by atoms with Gasteiger partial charge in [0.25, 0.3) is 0 Å². The Kier molecular flexibility index (Phi) is 4.36. The minimum atomic E-state index is -1.09. The summed E-state index contributed by atoms with van der Waals surface area (Å²) in [5, 5.41) is 13.4. The van der Waals surface area contributed by atoms with E-state index in [2.05, 4.69) is 15.3 Å². The molecule has 2 amide bonds. The van der Waals surface area contributed by atoms with Crippen molar-refractivity contribution in [3.05, 3.63) is 40.6 Å². The second-order valence-electron chi connectivity index (χ2n) is 4.13. The van der Waals surface area contributed by atoms with E-state index < -0.39 is 18.0 Å². The number of hydrogen-bond acceptors (Lipinski definition) is 4. The number of amides is 2. The molecule has 0 fully saturated rings. The van der Waals surface area contributed by atoms with Crippen LogP contribution >= 0.6 is 11.3 Å². The maximum absolute atomic E-state index is 12.0. The Morgan fingerprint density at radius 3 is 2.95 bits per heavy atom. The summed E-state index contributed by atoms with van der Waals surface area (Å²) in [5.74, 6) is -0.460. The quantitative estimate of drug-likeness (QED) is 0.777. The lowest BCUT2D eigenvalue weighted by molar-refractivity contribution is -0.139. The zero-order chi connectivity index (χ0) is 14.5. The van der Waals surface area contributed by atoms with Crippen LogP contribution in [0.5, 0.6) is 0 Å². The van der Waals surface area contributed by atoms with E-state index in [0.29, 0.717) is 10.7 Å². The minimum absolute atomic E-state index is 0.273. The van der Waals surface area contributed by atoms with Gasteiger partial charge in [-0.3, -0.25) is 0 Å². The Labute approximate surface area is 119 Å². The van der Waals surface area contributed by atoms with E-state index in [1.165, 1.54) is 16.2 Å². The van der Waals surface area contributed by atoms with Gasteiger partial charge in [-0.15, -0.1) is 11.3 Å². The maximum Gasteiger partial charge on any atom is 0.331 e. The van der Waals surface area contributed by atoms with Crippen LogP contribution in [0.15, 0.2) is 29.9 Å². The van der Waals surface area contributed by atoms with E-state index >= 15 is 0 Å². The summed E-state index contributed by atoms with van der Waals surface area (Å²) in [4.78, 5) is 32.1. The number of thiophene rings is 1. The molecule has 2 aromatic rings. The fourth-order valence-electron chi connectivity index (χ4n) is 1.62. The van der Waals surface area contributed by atoms with Crippen LogP contribution in [0.3, 0.4) is 0 Å². The van der Waals surface area contributed by atoms with Gasteiger partial charge in [0.1, 0.15) is 5.82 Å². The largest absolute Gasteiger partial charge is 0.479 e. The number of rotatable bonds is 5. The lowest BCUT2D eigenvalue weighted by Crippen LogP contribution is -2.41. The zero-order valence-electron chi connectivity index (χ0n) is 10.7. The van der Waals surface area contributed by atoms with Gasteiger partial charge in [-0.05, 0) is 11.4 Å². The number of urea groups is 1. The summed E-state index contributed by atoms with van der Waals surface area (Å²) in [7, 11) is 1.57. The Hall–Kier alpha value is -2.35. The molecule has 7 nitrogen and oxygen atoms in total. The Balaban J connectivity index is 1.99. The van der Waals surface area contributed by atoms with Gasteiger partial charge in [0.15, 0.2) is 6.04 Å². The van der Waals surface area contributed by atoms with Crippen LogP contribution in [0, 0.1) is 0 Å². The first-order valence-corrected chi connectivity index (χ1v) is 6.72. The van der Waals surface area contributed by atoms with Crippen molar-refractivity contribution in [2.24, 2.45) is 0 Å². The van der Waals surface area contributed by atoms with E-state index in [0.717, 1.165) is 0 Å². The number of aromatic amines is 1. The molecule has 0 bridgehead atoms. The van der Waals surface area contributed by atoms with Crippen molar-refractivity contribution in [3.8, 4) is 0 Å². The zero-order valence-corrected chi connectivity index (χ0v) is 11.6. The molecule has 2 rings (SSSR count). The van der Waals surface area contributed by atoms with Crippen molar-refractivity contribution in [1.82, 2.24) is 20.2 Å². The Morgan fingerprint density at radius 2 is 2.40 bits per heavy atom. The highest BCUT2D eigenvalue weighted by atomic mass is 32.1. The fourth-order valence-corrected chi connectivity index (χ4v) is 2.39. The van der Waals surface area contributed by atoms with E-state index in [9.17, 15) is 14.7 Å². The molecule has 1 unspecified atom stereocenters. The summed E-state index contributed by atoms with van der Waals surface area (Å²) in [6, 6.07) is 1.91. The highest BCUT2D eigenvalue weighted by molar-refractivity contribution is 7.10. The standard InChI is InChI=1S/C12H14N4O3S/c1-16(7-9-13-4-5-14-9)12(19)15-10(11(17)18)8-3-2-6-20-8/h2-6,10H,7H2,1H3,(H,13,14)(H,15,19)(H,17,18). The molecule has 0 aromatic carbocycles. The van der Waals surface area contributed by atoms with Crippen molar-refractivity contribution in [2.75, 3.05) is 7.05 Å². The first-order chi connectivity index (χ1) is 9.58. The number of H-pyrrole nitrogens is 1. The molecule has 106 valence electrons. The molecule has 0 saturated heterocycles. The van der Waals surface area contributed by atoms with Crippen molar-refractivity contribution >= 4 is 23.3 Å². The highest BCUT2D eigenvalue weighted by Gasteiger charge is 2.24. The molecule has 0 aliphatic carbocycles. The van der Waals surface area contributed by atoms with Crippen LogP contribution in [0.4, 0.5) is 4.79 Å². The Bertz CT molecular complexity index is 568. The van der Waals surface area contributed by atoms with Gasteiger partial charge in [-0.2, -0.15) is 0 Å². The normalized spacial score (nSPS) is 11.8. The van der Waals surface area contributed by atoms with Crippen LogP contribution < -0.4 is 5.32 Å². The number of nitrogens with zero attached hydrogens (tertiary/aromatic N) is 2. The van der Waals surface area contributed by atoms with Gasteiger partial charge < -0.3 is 20.3 Å². The van der Waals surface area contributed by atoms with Gasteiger partial charge in [0, 0.05) is 24.3 Å². The molecule has 0 aliphatic heterocycles. The van der Waals surface area contributed by atoms with Gasteiger partial charge in [0.2, 0.25) is 0 Å². The average molecular weight is 294 g/mol. The number of aliphatic carboxylic acids is 1. The lowest BCUT2D eigenvalue weighted by atomic mass is 10.2. The highest BCUT2D eigenvalue weighted by Crippen LogP contribution is 2.19. The number of hydrogen-bond donors (Lipinski definition) is 3. The van der Waals surface area contributed by atoms with E-state index in [-0.39, 0.29) is 6.54 Å². The molecule has 0 spiro atoms. The molecule has 0 aliphatic rings. The fraction of sp³-hybridized carbons (Fsp3) is 0.250. The summed E-state index contributed by atoms with van der Waals surface area (Å²) >= 11 is 1.29. The topological polar surface area (TPSA) is 98.3 Å². The smallest absolute Gasteiger partial charge is 0.331 e. The van der Waals surface area contributed by atoms with E-state index in [4.69, 9.17) is 0 Å². The predicted octanol–water partition coefficient (Wildman–Crippen LogP) is 1.44. The third-order valence-electron chi connectivity index (χ3n) is 2.63. The Morgan fingerprint density at radius 1 is 1.60 bits per heavy atom. The van der Waals surface area contributed by atoms with E-state index in [1.54, 1.807) is 37.0 Å². The number of carboxylic acid groups (broad SMARTS) is 1. The third-order valence-corrected chi connectivity index (χ3v) is 3.57. The van der Waals surface area contributed by atoms with Crippen LogP contribution in [0.25, 0.3) is 0 Å². The summed E-state index contributed by atoms with van der Waals surface area (Å²) in [6.45, 7) is 0.273. The summed E-state index contributed by atoms with van der Waals surface area (Å²) in [6.07, 6.45) is 3.25. The number of carbonyl (C=O) groups is 2. The SMILES string of the molecule is CN(Cc1ncc[nH]1)C(=O)NC(C(=O)O)c1cccs1. The molecule has 1 atom stereocenters. The monoisotopic (exact) mass is 294 g/mol. The van der Waals surface area contributed by atoms with Crippen molar-refractivity contribution in [3.63, 3.8) is 0 Å². The van der Waals surface area contributed by atoms with Crippen molar-refractivity contribution in [2.45, 2.75) is 12.6 Å². The summed E-state index contributed by atoms with van der Waals surface area (Å²) < 4.78 is 0. The van der Waals surface area contributed by atoms with Crippen LogP contribution in [0.1, 0.15) is 16.7 Å². The molecule has 0 saturated carbocycles. The van der Waals surface area contributed by atoms with Crippen molar-refractivity contribution in [1.29, 1.82) is 0 Å². The van der Waals surface area contributed by atoms with Crippen LogP contribution in [-0.2, 0) is 11.3 Å². The first-order valence-electron chi connectivity index (χ1n) is 5.84. The molecule has 3 N–H and O–H groups in total. The number of nitrogens with one attached hydrogen (secondary N) is 2. The van der Waals surface area contributed by atoms with Crippen LogP contribution in [0.2, 0.25) is 0 Å². The molecule has 8 heteroatoms. The minimum Gasteiger partial charge on any atom is -0.479 e. The lowest BCUT2D eigenvalue weighted by Gasteiger charge is -2.20. The van der Waals surface area contributed by atoms with Gasteiger partial charge in [-0.1, -0.05) is 6.07 Å². The number of carbonyl (C=O) groups excluding carboxylic acids is 1. The van der Waals surface area contributed by atoms with Gasteiger partial charge in [-0.25, -0.2) is 14.6 Å². The maximum atomic E-state index is 12.0. The predicted molar refractivity (Wildman–Crippen MR) is 73.3 cm³/mol. The van der Waals surface area contributed by atoms with Gasteiger partial charge in [0.05, 0.1) is 6.54 Å². The molecular weight excluding hydrogens is 280 g/mol. The van der Waals surface area contributed by atoms with Crippen molar-refractivity contribution < 1.29 is 14.7 Å². The van der Waals surface area contributed by atoms with Gasteiger partial charge >= 0.3 is 12.0 Å². The van der Waals surface area contributed by atoms with E-state index in [1.807, 2.05) is 0 Å².